The van der Waals surface area contributed by atoms with Crippen LogP contribution in [0.5, 0.6) is 0 Å². The number of hydrogen-bond donors (Lipinski definition) is 1. The molecule has 140 valence electrons. The van der Waals surface area contributed by atoms with Crippen molar-refractivity contribution in [1.82, 2.24) is 10.3 Å². The molecule has 1 N–H and O–H groups in total. The van der Waals surface area contributed by atoms with Crippen LogP contribution in [-0.4, -0.2) is 20.9 Å². The van der Waals surface area contributed by atoms with Gasteiger partial charge in [0.15, 0.2) is 0 Å². The fourth-order valence-electron chi connectivity index (χ4n) is 2.66. The van der Waals surface area contributed by atoms with E-state index in [-0.39, 0.29) is 17.4 Å². The molecule has 0 unspecified atom stereocenters. The van der Waals surface area contributed by atoms with Crippen LogP contribution in [0.3, 0.4) is 0 Å². The quantitative estimate of drug-likeness (QED) is 0.679. The summed E-state index contributed by atoms with van der Waals surface area (Å²) in [6.07, 6.45) is 0. The Morgan fingerprint density at radius 1 is 1.11 bits per heavy atom. The Balaban J connectivity index is 1.57. The van der Waals surface area contributed by atoms with Crippen LogP contribution < -0.4 is 5.32 Å². The monoisotopic (exact) mass is 382 g/mol. The van der Waals surface area contributed by atoms with Crippen LogP contribution >= 0.6 is 0 Å². The number of nitrogens with one attached hydrogen (secondary N) is 1. The van der Waals surface area contributed by atoms with Crippen molar-refractivity contribution in [2.45, 2.75) is 26.1 Å². The van der Waals surface area contributed by atoms with Gasteiger partial charge in [0.05, 0.1) is 11.4 Å². The fourth-order valence-corrected chi connectivity index (χ4v) is 3.73. The highest BCUT2D eigenvalue weighted by Gasteiger charge is 2.16. The van der Waals surface area contributed by atoms with Crippen LogP contribution in [0.1, 0.15) is 22.6 Å². The number of amides is 1. The first-order valence-electron chi connectivity index (χ1n) is 8.70. The van der Waals surface area contributed by atoms with Crippen molar-refractivity contribution in [2.75, 3.05) is 5.75 Å². The zero-order chi connectivity index (χ0) is 19.2. The lowest BCUT2D eigenvalue weighted by atomic mass is 10.1. The number of rotatable bonds is 7. The molecule has 5 nitrogen and oxygen atoms in total. The molecule has 0 radical (unpaired) electrons. The number of carbonyl (C=O) groups excluding carboxylic acids is 1. The number of benzene rings is 2. The zero-order valence-electron chi connectivity index (χ0n) is 15.4. The lowest BCUT2D eigenvalue weighted by molar-refractivity contribution is -0.118. The van der Waals surface area contributed by atoms with E-state index in [9.17, 15) is 9.00 Å². The molecule has 0 spiro atoms. The maximum Gasteiger partial charge on any atom is 0.232 e. The smallest absolute Gasteiger partial charge is 0.232 e. The summed E-state index contributed by atoms with van der Waals surface area (Å²) < 4.78 is 18.1. The molecule has 0 aliphatic carbocycles. The van der Waals surface area contributed by atoms with Crippen molar-refractivity contribution >= 4 is 16.7 Å². The summed E-state index contributed by atoms with van der Waals surface area (Å²) in [5, 5.41) is 2.79. The number of hydrogen-bond acceptors (Lipinski definition) is 4. The van der Waals surface area contributed by atoms with E-state index in [0.29, 0.717) is 23.9 Å². The molecule has 2 aromatic carbocycles. The molecule has 1 aromatic heterocycles. The van der Waals surface area contributed by atoms with E-state index in [4.69, 9.17) is 4.42 Å². The summed E-state index contributed by atoms with van der Waals surface area (Å²) in [7, 11) is -1.35. The van der Waals surface area contributed by atoms with E-state index in [1.54, 1.807) is 6.92 Å². The highest BCUT2D eigenvalue weighted by Crippen LogP contribution is 2.23. The standard InChI is InChI=1S/C21H22N2O3S/c1-15-7-6-10-18(11-15)21-23-19(16(2)26-21)13-27(25)14-20(24)22-12-17-8-4-3-5-9-17/h3-11H,12-14H2,1-2H3,(H,22,24)/t27-/m0/s1. The lowest BCUT2D eigenvalue weighted by Crippen LogP contribution is -2.28. The van der Waals surface area contributed by atoms with Gasteiger partial charge >= 0.3 is 0 Å². The second-order valence-corrected chi connectivity index (χ2v) is 7.84. The summed E-state index contributed by atoms with van der Waals surface area (Å²) in [5.41, 5.74) is 3.63. The van der Waals surface area contributed by atoms with Crippen molar-refractivity contribution in [3.05, 3.63) is 77.2 Å². The maximum atomic E-state index is 12.4. The normalized spacial score (nSPS) is 11.9. The summed E-state index contributed by atoms with van der Waals surface area (Å²) in [6, 6.07) is 17.5. The van der Waals surface area contributed by atoms with Crippen LogP contribution in [0.2, 0.25) is 0 Å². The Kier molecular flexibility index (Phi) is 6.19. The van der Waals surface area contributed by atoms with Gasteiger partial charge in [-0.15, -0.1) is 0 Å². The van der Waals surface area contributed by atoms with E-state index in [1.165, 1.54) is 0 Å². The highest BCUT2D eigenvalue weighted by molar-refractivity contribution is 7.84. The second kappa shape index (κ2) is 8.77. The number of nitrogens with zero attached hydrogens (tertiary/aromatic N) is 1. The number of carbonyl (C=O) groups is 1. The van der Waals surface area contributed by atoms with Gasteiger partial charge in [0.1, 0.15) is 11.5 Å². The van der Waals surface area contributed by atoms with Gasteiger partial charge in [0, 0.05) is 22.9 Å². The molecule has 0 aliphatic rings. The van der Waals surface area contributed by atoms with Gasteiger partial charge in [-0.3, -0.25) is 9.00 Å². The fraction of sp³-hybridized carbons (Fsp3) is 0.238. The molecular weight excluding hydrogens is 360 g/mol. The largest absolute Gasteiger partial charge is 0.441 e. The molecule has 0 aliphatic heterocycles. The van der Waals surface area contributed by atoms with Crippen LogP contribution in [0, 0.1) is 13.8 Å². The summed E-state index contributed by atoms with van der Waals surface area (Å²) in [5.74, 6) is 1.04. The third-order valence-electron chi connectivity index (χ3n) is 4.08. The minimum atomic E-state index is -1.35. The summed E-state index contributed by atoms with van der Waals surface area (Å²) in [4.78, 5) is 16.5. The van der Waals surface area contributed by atoms with E-state index in [1.807, 2.05) is 61.5 Å². The van der Waals surface area contributed by atoms with Gasteiger partial charge in [-0.25, -0.2) is 4.98 Å². The van der Waals surface area contributed by atoms with E-state index >= 15 is 0 Å². The van der Waals surface area contributed by atoms with E-state index < -0.39 is 10.8 Å². The Morgan fingerprint density at radius 3 is 2.63 bits per heavy atom. The molecule has 6 heteroatoms. The Hall–Kier alpha value is -2.73. The van der Waals surface area contributed by atoms with Gasteiger partial charge in [-0.2, -0.15) is 0 Å². The van der Waals surface area contributed by atoms with Crippen molar-refractivity contribution in [3.8, 4) is 11.5 Å². The number of oxazole rings is 1. The van der Waals surface area contributed by atoms with Crippen LogP contribution in [0.15, 0.2) is 59.0 Å². The van der Waals surface area contributed by atoms with Crippen molar-refractivity contribution in [1.29, 1.82) is 0 Å². The molecule has 0 saturated heterocycles. The van der Waals surface area contributed by atoms with Crippen LogP contribution in [0.4, 0.5) is 0 Å². The van der Waals surface area contributed by atoms with Crippen LogP contribution in [0.25, 0.3) is 11.5 Å². The molecule has 3 aromatic rings. The van der Waals surface area contributed by atoms with Gasteiger partial charge in [-0.1, -0.05) is 48.0 Å². The summed E-state index contributed by atoms with van der Waals surface area (Å²) in [6.45, 7) is 4.23. The predicted octanol–water partition coefficient (Wildman–Crippen LogP) is 3.52. The molecule has 27 heavy (non-hydrogen) atoms. The molecule has 0 bridgehead atoms. The first kappa shape index (κ1) is 19.0. The van der Waals surface area contributed by atoms with E-state index in [0.717, 1.165) is 16.7 Å². The predicted molar refractivity (Wildman–Crippen MR) is 106 cm³/mol. The van der Waals surface area contributed by atoms with Crippen LogP contribution in [-0.2, 0) is 27.9 Å². The minimum Gasteiger partial charge on any atom is -0.441 e. The average Bonchev–Trinajstić information content (AvgIpc) is 3.01. The summed E-state index contributed by atoms with van der Waals surface area (Å²) >= 11 is 0. The van der Waals surface area contributed by atoms with Crippen molar-refractivity contribution < 1.29 is 13.4 Å². The van der Waals surface area contributed by atoms with Gasteiger partial charge < -0.3 is 9.73 Å². The minimum absolute atomic E-state index is 0.0566. The number of aryl methyl sites for hydroxylation is 2. The van der Waals surface area contributed by atoms with Crippen molar-refractivity contribution in [2.24, 2.45) is 0 Å². The molecular formula is C21H22N2O3S. The number of aromatic nitrogens is 1. The topological polar surface area (TPSA) is 72.2 Å². The average molecular weight is 382 g/mol. The highest BCUT2D eigenvalue weighted by atomic mass is 32.2. The molecule has 1 heterocycles. The first-order valence-corrected chi connectivity index (χ1v) is 10.2. The third kappa shape index (κ3) is 5.37. The third-order valence-corrected chi connectivity index (χ3v) is 5.26. The Labute approximate surface area is 161 Å². The molecule has 1 atom stereocenters. The van der Waals surface area contributed by atoms with Gasteiger partial charge in [0.25, 0.3) is 0 Å². The first-order chi connectivity index (χ1) is 13.0. The SMILES string of the molecule is Cc1cccc(-c2nc(C[S@](=O)CC(=O)NCc3ccccc3)c(C)o2)c1. The molecule has 1 amide bonds. The maximum absolute atomic E-state index is 12.4. The van der Waals surface area contributed by atoms with Gasteiger partial charge in [-0.05, 0) is 31.5 Å². The molecule has 0 saturated carbocycles. The molecule has 3 rings (SSSR count). The van der Waals surface area contributed by atoms with E-state index in [2.05, 4.69) is 10.3 Å². The Morgan fingerprint density at radius 2 is 1.89 bits per heavy atom. The van der Waals surface area contributed by atoms with Crippen molar-refractivity contribution in [3.63, 3.8) is 0 Å². The zero-order valence-corrected chi connectivity index (χ0v) is 16.2. The Bertz CT molecular complexity index is 951. The lowest BCUT2D eigenvalue weighted by Gasteiger charge is -2.05. The molecule has 0 fully saturated rings. The second-order valence-electron chi connectivity index (χ2n) is 6.38. The van der Waals surface area contributed by atoms with Gasteiger partial charge in [0.2, 0.25) is 11.8 Å².